The summed E-state index contributed by atoms with van der Waals surface area (Å²) < 4.78 is 37.3. The van der Waals surface area contributed by atoms with E-state index < -0.39 is 12.1 Å². The van der Waals surface area contributed by atoms with Gasteiger partial charge >= 0.3 is 6.18 Å². The summed E-state index contributed by atoms with van der Waals surface area (Å²) in [5, 5.41) is 0. The molecular weight excluding hydrogens is 207 g/mol. The minimum absolute atomic E-state index is 0.0578. The Balaban J connectivity index is 2.38. The number of hydrogen-bond donors (Lipinski definition) is 0. The van der Waals surface area contributed by atoms with Gasteiger partial charge in [0.2, 0.25) is 6.08 Å². The molecule has 0 aromatic carbocycles. The first-order valence-corrected chi connectivity index (χ1v) is 5.14. The molecular formula is C10H14F3NO. The SMILES string of the molecule is O=C=NCCC1CCCC(C(F)(F)F)C1. The first-order chi connectivity index (χ1) is 7.04. The Morgan fingerprint density at radius 2 is 2.07 bits per heavy atom. The summed E-state index contributed by atoms with van der Waals surface area (Å²) in [5.41, 5.74) is 0. The van der Waals surface area contributed by atoms with Gasteiger partial charge in [-0.05, 0) is 25.2 Å². The quantitative estimate of drug-likeness (QED) is 0.532. The number of alkyl halides is 3. The van der Waals surface area contributed by atoms with Crippen LogP contribution < -0.4 is 0 Å². The minimum Gasteiger partial charge on any atom is -0.211 e. The molecule has 0 heterocycles. The van der Waals surface area contributed by atoms with Gasteiger partial charge in [0.05, 0.1) is 12.5 Å². The van der Waals surface area contributed by atoms with E-state index in [-0.39, 0.29) is 18.8 Å². The number of aliphatic imine (C=N–C) groups is 1. The number of nitrogens with zero attached hydrogens (tertiary/aromatic N) is 1. The van der Waals surface area contributed by atoms with Crippen molar-refractivity contribution >= 4 is 6.08 Å². The van der Waals surface area contributed by atoms with Crippen LogP contribution in [0.5, 0.6) is 0 Å². The molecule has 0 N–H and O–H groups in total. The van der Waals surface area contributed by atoms with Crippen LogP contribution in [-0.2, 0) is 4.79 Å². The average molecular weight is 221 g/mol. The van der Waals surface area contributed by atoms with Crippen molar-refractivity contribution in [3.8, 4) is 0 Å². The van der Waals surface area contributed by atoms with E-state index in [0.717, 1.165) is 6.42 Å². The van der Waals surface area contributed by atoms with Crippen molar-refractivity contribution in [2.45, 2.75) is 38.3 Å². The maximum atomic E-state index is 12.4. The largest absolute Gasteiger partial charge is 0.391 e. The minimum atomic E-state index is -4.06. The number of halogens is 3. The van der Waals surface area contributed by atoms with Gasteiger partial charge < -0.3 is 0 Å². The molecule has 5 heteroatoms. The third kappa shape index (κ3) is 4.04. The zero-order chi connectivity index (χ0) is 11.3. The smallest absolute Gasteiger partial charge is 0.211 e. The zero-order valence-electron chi connectivity index (χ0n) is 8.39. The van der Waals surface area contributed by atoms with E-state index in [1.54, 1.807) is 0 Å². The molecule has 0 bridgehead atoms. The van der Waals surface area contributed by atoms with E-state index in [2.05, 4.69) is 4.99 Å². The molecule has 2 unspecified atom stereocenters. The number of hydrogen-bond acceptors (Lipinski definition) is 2. The van der Waals surface area contributed by atoms with Gasteiger partial charge in [-0.1, -0.05) is 12.8 Å². The van der Waals surface area contributed by atoms with Crippen molar-refractivity contribution in [2.75, 3.05) is 6.54 Å². The van der Waals surface area contributed by atoms with E-state index >= 15 is 0 Å². The van der Waals surface area contributed by atoms with E-state index in [1.807, 2.05) is 0 Å². The Morgan fingerprint density at radius 3 is 2.67 bits per heavy atom. The summed E-state index contributed by atoms with van der Waals surface area (Å²) in [7, 11) is 0. The summed E-state index contributed by atoms with van der Waals surface area (Å²) in [5.74, 6) is -1.10. The van der Waals surface area contributed by atoms with Crippen LogP contribution in [0.3, 0.4) is 0 Å². The van der Waals surface area contributed by atoms with Crippen LogP contribution in [0.15, 0.2) is 4.99 Å². The maximum absolute atomic E-state index is 12.4. The summed E-state index contributed by atoms with van der Waals surface area (Å²) in [6, 6.07) is 0. The second-order valence-corrected chi connectivity index (χ2v) is 4.03. The standard InChI is InChI=1S/C10H14F3NO/c11-10(12,13)9-3-1-2-8(6-9)4-5-14-7-15/h8-9H,1-6H2. The second kappa shape index (κ2) is 5.31. The number of carbonyl (C=O) groups excluding carboxylic acids is 1. The molecule has 0 aliphatic heterocycles. The highest BCUT2D eigenvalue weighted by Crippen LogP contribution is 2.40. The molecule has 1 aliphatic rings. The third-order valence-corrected chi connectivity index (χ3v) is 2.96. The molecule has 0 saturated heterocycles. The molecule has 2 atom stereocenters. The van der Waals surface area contributed by atoms with Crippen LogP contribution in [0.25, 0.3) is 0 Å². The van der Waals surface area contributed by atoms with E-state index in [1.165, 1.54) is 6.08 Å². The average Bonchev–Trinajstić information content (AvgIpc) is 2.17. The Bertz CT molecular complexity index is 246. The molecule has 0 aromatic rings. The van der Waals surface area contributed by atoms with Crippen LogP contribution in [-0.4, -0.2) is 18.8 Å². The summed E-state index contributed by atoms with van der Waals surface area (Å²) >= 11 is 0. The Morgan fingerprint density at radius 1 is 1.33 bits per heavy atom. The monoisotopic (exact) mass is 221 g/mol. The van der Waals surface area contributed by atoms with Crippen LogP contribution in [0, 0.1) is 11.8 Å². The molecule has 1 fully saturated rings. The fourth-order valence-corrected chi connectivity index (χ4v) is 2.14. The number of isocyanates is 1. The van der Waals surface area contributed by atoms with Crippen LogP contribution in [0.1, 0.15) is 32.1 Å². The molecule has 0 spiro atoms. The van der Waals surface area contributed by atoms with E-state index in [9.17, 15) is 18.0 Å². The van der Waals surface area contributed by atoms with Crippen molar-refractivity contribution in [3.63, 3.8) is 0 Å². The first kappa shape index (κ1) is 12.2. The molecule has 0 radical (unpaired) electrons. The lowest BCUT2D eigenvalue weighted by atomic mass is 9.79. The predicted molar refractivity (Wildman–Crippen MR) is 49.1 cm³/mol. The molecule has 1 rings (SSSR count). The predicted octanol–water partition coefficient (Wildman–Crippen LogP) is 3.08. The highest BCUT2D eigenvalue weighted by atomic mass is 19.4. The Labute approximate surface area is 86.6 Å². The summed E-state index contributed by atoms with van der Waals surface area (Å²) in [6.45, 7) is 0.304. The number of rotatable bonds is 3. The van der Waals surface area contributed by atoms with Gasteiger partial charge in [-0.2, -0.15) is 13.2 Å². The Kier molecular flexibility index (Phi) is 4.33. The van der Waals surface area contributed by atoms with Crippen molar-refractivity contribution < 1.29 is 18.0 Å². The first-order valence-electron chi connectivity index (χ1n) is 5.14. The maximum Gasteiger partial charge on any atom is 0.391 e. The fraction of sp³-hybridized carbons (Fsp3) is 0.900. The highest BCUT2D eigenvalue weighted by molar-refractivity contribution is 5.32. The lowest BCUT2D eigenvalue weighted by Gasteiger charge is -2.30. The van der Waals surface area contributed by atoms with Gasteiger partial charge in [-0.15, -0.1) is 0 Å². The van der Waals surface area contributed by atoms with Crippen molar-refractivity contribution in [1.29, 1.82) is 0 Å². The van der Waals surface area contributed by atoms with Gasteiger partial charge in [0.25, 0.3) is 0 Å². The zero-order valence-corrected chi connectivity index (χ0v) is 8.39. The summed E-state index contributed by atoms with van der Waals surface area (Å²) in [4.78, 5) is 13.2. The van der Waals surface area contributed by atoms with Crippen molar-refractivity contribution in [2.24, 2.45) is 16.8 Å². The van der Waals surface area contributed by atoms with Gasteiger partial charge in [0.15, 0.2) is 0 Å². The molecule has 1 saturated carbocycles. The van der Waals surface area contributed by atoms with Crippen LogP contribution in [0.4, 0.5) is 13.2 Å². The van der Waals surface area contributed by atoms with Gasteiger partial charge in [-0.25, -0.2) is 9.79 Å². The van der Waals surface area contributed by atoms with Gasteiger partial charge in [0.1, 0.15) is 0 Å². The molecule has 2 nitrogen and oxygen atoms in total. The van der Waals surface area contributed by atoms with Crippen LogP contribution in [0.2, 0.25) is 0 Å². The van der Waals surface area contributed by atoms with E-state index in [4.69, 9.17) is 0 Å². The molecule has 86 valence electrons. The normalized spacial score (nSPS) is 27.1. The van der Waals surface area contributed by atoms with Gasteiger partial charge in [0, 0.05) is 0 Å². The lowest BCUT2D eigenvalue weighted by Crippen LogP contribution is -2.29. The third-order valence-electron chi connectivity index (χ3n) is 2.96. The van der Waals surface area contributed by atoms with Crippen molar-refractivity contribution in [3.05, 3.63) is 0 Å². The van der Waals surface area contributed by atoms with Crippen molar-refractivity contribution in [1.82, 2.24) is 0 Å². The van der Waals surface area contributed by atoms with E-state index in [0.29, 0.717) is 19.4 Å². The fourth-order valence-electron chi connectivity index (χ4n) is 2.14. The van der Waals surface area contributed by atoms with Gasteiger partial charge in [-0.3, -0.25) is 0 Å². The second-order valence-electron chi connectivity index (χ2n) is 4.03. The molecule has 0 aromatic heterocycles. The Hall–Kier alpha value is -0.830. The topological polar surface area (TPSA) is 29.4 Å². The van der Waals surface area contributed by atoms with Crippen LogP contribution >= 0.6 is 0 Å². The highest BCUT2D eigenvalue weighted by Gasteiger charge is 2.41. The lowest BCUT2D eigenvalue weighted by molar-refractivity contribution is -0.185. The summed E-state index contributed by atoms with van der Waals surface area (Å²) in [6.07, 6.45) is -0.206. The molecule has 1 aliphatic carbocycles. The molecule has 15 heavy (non-hydrogen) atoms. The molecule has 0 amide bonds.